The van der Waals surface area contributed by atoms with Crippen LogP contribution in [0.2, 0.25) is 10.0 Å². The number of primary amides is 1. The second-order valence-corrected chi connectivity index (χ2v) is 8.70. The number of pyridine rings is 1. The minimum Gasteiger partial charge on any atom is -0.475 e. The average molecular weight is 557 g/mol. The van der Waals surface area contributed by atoms with Gasteiger partial charge in [-0.3, -0.25) is 14.6 Å². The Hall–Kier alpha value is -3.61. The third-order valence-corrected chi connectivity index (χ3v) is 5.92. The maximum atomic E-state index is 12.3. The van der Waals surface area contributed by atoms with Crippen LogP contribution in [0.25, 0.3) is 17.0 Å². The van der Waals surface area contributed by atoms with Crippen molar-refractivity contribution in [1.29, 1.82) is 0 Å². The van der Waals surface area contributed by atoms with Crippen LogP contribution < -0.4 is 11.1 Å². The van der Waals surface area contributed by atoms with E-state index >= 15 is 0 Å². The molecule has 2 heterocycles. The number of carbonyl (C=O) groups is 3. The molecule has 0 unspecified atom stereocenters. The van der Waals surface area contributed by atoms with Gasteiger partial charge in [-0.15, -0.1) is 0 Å². The number of aromatic nitrogens is 1. The van der Waals surface area contributed by atoms with Crippen molar-refractivity contribution in [1.82, 2.24) is 4.98 Å². The number of hydrogen-bond acceptors (Lipinski definition) is 6. The number of carboxylic acid groups (broad SMARTS) is 1. The van der Waals surface area contributed by atoms with Crippen LogP contribution in [0.4, 0.5) is 18.9 Å². The molecule has 0 bridgehead atoms. The number of halogens is 5. The molecule has 3 aromatic rings. The molecule has 0 aliphatic carbocycles. The molecular weight excluding hydrogens is 544 g/mol. The van der Waals surface area contributed by atoms with Gasteiger partial charge < -0.3 is 16.2 Å². The standard InChI is InChI=1S/C20H12Cl2N4O2S.C2HF3O2/c21-13-2-1-3-14(22)17(13)25-20-26-19(28)16(29-20)9-10-4-5-15-12(8-10)11(18(23)27)6-7-24-15;3-2(4,5)1(6)7/h1-9H,(H2,23,27)(H,25,26,28);(H,6,7)/b16-9-;. The first kappa shape index (κ1) is 27.0. The molecule has 0 fully saturated rings. The van der Waals surface area contributed by atoms with Crippen LogP contribution in [0.1, 0.15) is 15.9 Å². The van der Waals surface area contributed by atoms with Crippen LogP contribution in [0.15, 0.2) is 58.6 Å². The number of carboxylic acids is 1. The lowest BCUT2D eigenvalue weighted by molar-refractivity contribution is -0.192. The molecule has 0 radical (unpaired) electrons. The molecule has 36 heavy (non-hydrogen) atoms. The van der Waals surface area contributed by atoms with E-state index in [0.29, 0.717) is 42.3 Å². The Morgan fingerprint density at radius 1 is 1.11 bits per heavy atom. The maximum absolute atomic E-state index is 12.3. The van der Waals surface area contributed by atoms with Gasteiger partial charge in [-0.2, -0.15) is 18.2 Å². The van der Waals surface area contributed by atoms with Crippen molar-refractivity contribution >= 4 is 80.6 Å². The van der Waals surface area contributed by atoms with E-state index in [2.05, 4.69) is 15.3 Å². The van der Waals surface area contributed by atoms with Crippen molar-refractivity contribution in [3.05, 3.63) is 74.7 Å². The first-order valence-electron chi connectivity index (χ1n) is 9.59. The summed E-state index contributed by atoms with van der Waals surface area (Å²) < 4.78 is 31.7. The quantitative estimate of drug-likeness (QED) is 0.369. The van der Waals surface area contributed by atoms with Crippen molar-refractivity contribution in [3.8, 4) is 0 Å². The molecule has 4 rings (SSSR count). The van der Waals surface area contributed by atoms with Gasteiger partial charge in [-0.1, -0.05) is 35.3 Å². The number of thioether (sulfide) groups is 1. The van der Waals surface area contributed by atoms with E-state index in [1.54, 1.807) is 48.5 Å². The van der Waals surface area contributed by atoms with E-state index in [4.69, 9.17) is 38.8 Å². The lowest BCUT2D eigenvalue weighted by atomic mass is 10.1. The number of benzene rings is 2. The number of aliphatic carboxylic acids is 1. The van der Waals surface area contributed by atoms with E-state index in [-0.39, 0.29) is 5.91 Å². The number of nitrogens with zero attached hydrogens (tertiary/aromatic N) is 2. The smallest absolute Gasteiger partial charge is 0.475 e. The molecule has 1 aliphatic heterocycles. The van der Waals surface area contributed by atoms with Crippen LogP contribution in [-0.2, 0) is 9.59 Å². The molecule has 1 aromatic heterocycles. The number of carbonyl (C=O) groups excluding carboxylic acids is 2. The number of fused-ring (bicyclic) bond motifs is 1. The first-order chi connectivity index (χ1) is 16.9. The molecule has 0 atom stereocenters. The lowest BCUT2D eigenvalue weighted by Crippen LogP contribution is -2.21. The van der Waals surface area contributed by atoms with Gasteiger partial charge in [0, 0.05) is 11.6 Å². The Balaban J connectivity index is 0.000000454. The zero-order valence-electron chi connectivity index (χ0n) is 17.6. The molecule has 4 N–H and O–H groups in total. The predicted molar refractivity (Wildman–Crippen MR) is 132 cm³/mol. The highest BCUT2D eigenvalue weighted by atomic mass is 35.5. The number of nitrogens with two attached hydrogens (primary N) is 1. The SMILES string of the molecule is NC(=O)c1ccnc2ccc(/C=C3\SC(Nc4c(Cl)cccc4Cl)=NC3=O)cc12.O=C(O)C(F)(F)F. The summed E-state index contributed by atoms with van der Waals surface area (Å²) in [5, 5.41) is 12.0. The van der Waals surface area contributed by atoms with Gasteiger partial charge in [0.05, 0.1) is 31.7 Å². The van der Waals surface area contributed by atoms with E-state index in [0.717, 1.165) is 5.56 Å². The van der Waals surface area contributed by atoms with E-state index in [9.17, 15) is 22.8 Å². The Morgan fingerprint density at radius 2 is 1.75 bits per heavy atom. The summed E-state index contributed by atoms with van der Waals surface area (Å²) in [6, 6.07) is 12.0. The van der Waals surface area contributed by atoms with Crippen LogP contribution in [0.5, 0.6) is 0 Å². The molecule has 2 aromatic carbocycles. The van der Waals surface area contributed by atoms with Gasteiger partial charge in [0.25, 0.3) is 5.91 Å². The van der Waals surface area contributed by atoms with Crippen molar-refractivity contribution in [2.75, 3.05) is 5.32 Å². The van der Waals surface area contributed by atoms with Gasteiger partial charge in [-0.25, -0.2) is 4.79 Å². The molecule has 1 aliphatic rings. The molecule has 2 amide bonds. The summed E-state index contributed by atoms with van der Waals surface area (Å²) in [4.78, 5) is 41.5. The van der Waals surface area contributed by atoms with Gasteiger partial charge in [0.2, 0.25) is 5.91 Å². The number of rotatable bonds is 3. The Morgan fingerprint density at radius 3 is 2.33 bits per heavy atom. The van der Waals surface area contributed by atoms with Crippen molar-refractivity contribution in [2.24, 2.45) is 10.7 Å². The molecule has 0 saturated heterocycles. The maximum Gasteiger partial charge on any atom is 0.490 e. The highest BCUT2D eigenvalue weighted by molar-refractivity contribution is 8.18. The first-order valence-corrected chi connectivity index (χ1v) is 11.2. The van der Waals surface area contributed by atoms with Crippen LogP contribution >= 0.6 is 35.0 Å². The topological polar surface area (TPSA) is 135 Å². The van der Waals surface area contributed by atoms with E-state index in [1.165, 1.54) is 18.0 Å². The van der Waals surface area contributed by atoms with Crippen molar-refractivity contribution < 1.29 is 32.7 Å². The third-order valence-electron chi connectivity index (χ3n) is 4.39. The number of hydrogen-bond donors (Lipinski definition) is 3. The lowest BCUT2D eigenvalue weighted by Gasteiger charge is -2.08. The summed E-state index contributed by atoms with van der Waals surface area (Å²) >= 11 is 13.5. The van der Waals surface area contributed by atoms with Gasteiger partial charge in [0.15, 0.2) is 5.17 Å². The fourth-order valence-electron chi connectivity index (χ4n) is 2.81. The number of anilines is 1. The second kappa shape index (κ2) is 11.0. The van der Waals surface area contributed by atoms with Crippen LogP contribution in [-0.4, -0.2) is 39.2 Å². The van der Waals surface area contributed by atoms with Crippen molar-refractivity contribution in [2.45, 2.75) is 6.18 Å². The summed E-state index contributed by atoms with van der Waals surface area (Å²) in [6.45, 7) is 0. The summed E-state index contributed by atoms with van der Waals surface area (Å²) in [5.41, 5.74) is 7.65. The Bertz CT molecular complexity index is 1420. The third kappa shape index (κ3) is 6.53. The van der Waals surface area contributed by atoms with Crippen LogP contribution in [0.3, 0.4) is 0 Å². The highest BCUT2D eigenvalue weighted by Gasteiger charge is 2.38. The summed E-state index contributed by atoms with van der Waals surface area (Å²) in [7, 11) is 0. The monoisotopic (exact) mass is 556 g/mol. The fourth-order valence-corrected chi connectivity index (χ4v) is 4.12. The predicted octanol–water partition coefficient (Wildman–Crippen LogP) is 5.36. The van der Waals surface area contributed by atoms with E-state index in [1.807, 2.05) is 0 Å². The summed E-state index contributed by atoms with van der Waals surface area (Å²) in [6.07, 6.45) is -1.86. The second-order valence-electron chi connectivity index (χ2n) is 6.86. The highest BCUT2D eigenvalue weighted by Crippen LogP contribution is 2.35. The zero-order chi connectivity index (χ0) is 26.6. The number of aliphatic imine (C=N–C) groups is 1. The summed E-state index contributed by atoms with van der Waals surface area (Å²) in [5.74, 6) is -3.69. The number of amidine groups is 1. The molecular formula is C22H13Cl2F3N4O4S. The minimum atomic E-state index is -5.08. The van der Waals surface area contributed by atoms with Gasteiger partial charge in [-0.05, 0) is 53.7 Å². The Labute approximate surface area is 215 Å². The minimum absolute atomic E-state index is 0.368. The largest absolute Gasteiger partial charge is 0.490 e. The molecule has 14 heteroatoms. The van der Waals surface area contributed by atoms with E-state index < -0.39 is 18.1 Å². The number of alkyl halides is 3. The fraction of sp³-hybridized carbons (Fsp3) is 0.0455. The molecule has 0 saturated carbocycles. The van der Waals surface area contributed by atoms with Gasteiger partial charge in [0.1, 0.15) is 0 Å². The normalized spacial score (nSPS) is 14.3. The number of nitrogens with one attached hydrogen (secondary N) is 1. The van der Waals surface area contributed by atoms with Crippen LogP contribution in [0, 0.1) is 0 Å². The zero-order valence-corrected chi connectivity index (χ0v) is 20.0. The average Bonchev–Trinajstić information content (AvgIpc) is 3.14. The number of para-hydroxylation sites is 1. The molecule has 0 spiro atoms. The number of amides is 2. The Kier molecular flexibility index (Phi) is 8.23. The van der Waals surface area contributed by atoms with Gasteiger partial charge >= 0.3 is 12.1 Å². The molecule has 186 valence electrons. The molecule has 8 nitrogen and oxygen atoms in total. The van der Waals surface area contributed by atoms with Crippen molar-refractivity contribution in [3.63, 3.8) is 0 Å².